The molecule has 0 radical (unpaired) electrons. The summed E-state index contributed by atoms with van der Waals surface area (Å²) in [6.45, 7) is 0. The molecule has 1 aliphatic rings. The van der Waals surface area contributed by atoms with Crippen LogP contribution in [0.1, 0.15) is 27.9 Å². The maximum absolute atomic E-state index is 13.7. The smallest absolute Gasteiger partial charge is 0.166 e. The second-order valence-electron chi connectivity index (χ2n) is 7.91. The Morgan fingerprint density at radius 3 is 2.06 bits per heavy atom. The van der Waals surface area contributed by atoms with Crippen LogP contribution in [0.2, 0.25) is 0 Å². The molecule has 5 heteroatoms. The second-order valence-corrected chi connectivity index (χ2v) is 8.99. The lowest BCUT2D eigenvalue weighted by atomic mass is 9.77. The van der Waals surface area contributed by atoms with Crippen LogP contribution in [0.5, 0.6) is 0 Å². The lowest BCUT2D eigenvalue weighted by Crippen LogP contribution is -2.41. The Hall–Kier alpha value is -3.70. The van der Waals surface area contributed by atoms with Crippen LogP contribution in [0, 0.1) is 0 Å². The average molecular weight is 434 g/mol. The Balaban J connectivity index is 1.69. The molecule has 4 nitrogen and oxygen atoms in total. The zero-order valence-corrected chi connectivity index (χ0v) is 18.0. The van der Waals surface area contributed by atoms with Crippen molar-refractivity contribution in [3.63, 3.8) is 0 Å². The number of hydrogen-bond acceptors (Lipinski definition) is 4. The number of benzene rings is 4. The molecule has 5 aromatic rings. The first-order valence-corrected chi connectivity index (χ1v) is 11.3. The Morgan fingerprint density at radius 1 is 0.750 bits per heavy atom. The number of carbonyl (C=O) groups excluding carboxylic acids is 1. The molecule has 1 aliphatic heterocycles. The minimum atomic E-state index is -0.804. The van der Waals surface area contributed by atoms with Gasteiger partial charge < -0.3 is 0 Å². The highest BCUT2D eigenvalue weighted by Gasteiger charge is 2.46. The van der Waals surface area contributed by atoms with Gasteiger partial charge in [0.05, 0.1) is 5.52 Å². The van der Waals surface area contributed by atoms with Crippen molar-refractivity contribution in [1.29, 1.82) is 0 Å². The van der Waals surface area contributed by atoms with Crippen molar-refractivity contribution in [2.45, 2.75) is 21.8 Å². The lowest BCUT2D eigenvalue weighted by molar-refractivity contribution is 0.0944. The van der Waals surface area contributed by atoms with Gasteiger partial charge in [-0.05, 0) is 35.4 Å². The van der Waals surface area contributed by atoms with Crippen molar-refractivity contribution in [1.82, 2.24) is 15.0 Å². The SMILES string of the molecule is O=C(CC1(n2nnc3ccccc32)c2ccccc2Sc2ccccc21)c1ccccc1. The molecule has 0 N–H and O–H groups in total. The highest BCUT2D eigenvalue weighted by Crippen LogP contribution is 2.52. The van der Waals surface area contributed by atoms with Crippen molar-refractivity contribution in [2.24, 2.45) is 0 Å². The Bertz CT molecular complexity index is 1410. The zero-order valence-electron chi connectivity index (χ0n) is 17.2. The highest BCUT2D eigenvalue weighted by atomic mass is 32.2. The van der Waals surface area contributed by atoms with Crippen LogP contribution in [0.25, 0.3) is 11.0 Å². The van der Waals surface area contributed by atoms with E-state index in [1.807, 2.05) is 83.5 Å². The van der Waals surface area contributed by atoms with E-state index in [4.69, 9.17) is 0 Å². The third-order valence-corrected chi connectivity index (χ3v) is 7.26. The molecule has 0 unspecified atom stereocenters. The largest absolute Gasteiger partial charge is 0.294 e. The molecular formula is C27H19N3OS. The van der Waals surface area contributed by atoms with Gasteiger partial charge in [-0.1, -0.05) is 95.8 Å². The third-order valence-electron chi connectivity index (χ3n) is 6.11. The first kappa shape index (κ1) is 19.0. The van der Waals surface area contributed by atoms with Gasteiger partial charge in [0.2, 0.25) is 0 Å². The van der Waals surface area contributed by atoms with Crippen molar-refractivity contribution >= 4 is 28.6 Å². The van der Waals surface area contributed by atoms with E-state index in [2.05, 4.69) is 34.6 Å². The van der Waals surface area contributed by atoms with E-state index in [1.165, 1.54) is 0 Å². The Morgan fingerprint density at radius 2 is 1.34 bits per heavy atom. The van der Waals surface area contributed by atoms with Crippen LogP contribution < -0.4 is 0 Å². The molecule has 0 saturated carbocycles. The van der Waals surface area contributed by atoms with Crippen LogP contribution in [0.15, 0.2) is 113 Å². The minimum absolute atomic E-state index is 0.0710. The van der Waals surface area contributed by atoms with E-state index >= 15 is 0 Å². The van der Waals surface area contributed by atoms with Gasteiger partial charge in [-0.25, -0.2) is 4.68 Å². The molecule has 0 saturated heterocycles. The summed E-state index contributed by atoms with van der Waals surface area (Å²) in [4.78, 5) is 16.0. The number of Topliss-reactive ketones (excluding diaryl/α,β-unsaturated/α-hetero) is 1. The van der Waals surface area contributed by atoms with Gasteiger partial charge >= 0.3 is 0 Å². The topological polar surface area (TPSA) is 47.8 Å². The fourth-order valence-electron chi connectivity index (χ4n) is 4.66. The molecule has 32 heavy (non-hydrogen) atoms. The van der Waals surface area contributed by atoms with Crippen LogP contribution >= 0.6 is 11.8 Å². The van der Waals surface area contributed by atoms with Gasteiger partial charge in [0.1, 0.15) is 11.1 Å². The monoisotopic (exact) mass is 433 g/mol. The van der Waals surface area contributed by atoms with E-state index in [1.54, 1.807) is 11.8 Å². The predicted molar refractivity (Wildman–Crippen MR) is 126 cm³/mol. The summed E-state index contributed by atoms with van der Waals surface area (Å²) in [6.07, 6.45) is 0.249. The molecule has 6 rings (SSSR count). The molecule has 0 aliphatic carbocycles. The molecule has 0 bridgehead atoms. The zero-order chi connectivity index (χ0) is 21.5. The third kappa shape index (κ3) is 2.82. The number of rotatable bonds is 4. The number of ketones is 1. The van der Waals surface area contributed by atoms with E-state index < -0.39 is 5.54 Å². The van der Waals surface area contributed by atoms with E-state index in [-0.39, 0.29) is 12.2 Å². The molecule has 4 aromatic carbocycles. The van der Waals surface area contributed by atoms with Crippen LogP contribution in [-0.4, -0.2) is 20.8 Å². The minimum Gasteiger partial charge on any atom is -0.294 e. The predicted octanol–water partition coefficient (Wildman–Crippen LogP) is 5.96. The number of aromatic nitrogens is 3. The van der Waals surface area contributed by atoms with Gasteiger partial charge in [0.25, 0.3) is 0 Å². The molecule has 154 valence electrons. The summed E-state index contributed by atoms with van der Waals surface area (Å²) >= 11 is 1.74. The van der Waals surface area contributed by atoms with Gasteiger partial charge in [-0.3, -0.25) is 4.79 Å². The highest BCUT2D eigenvalue weighted by molar-refractivity contribution is 7.99. The fourth-order valence-corrected chi connectivity index (χ4v) is 5.88. The fraction of sp³-hybridized carbons (Fsp3) is 0.0741. The van der Waals surface area contributed by atoms with Gasteiger partial charge in [0, 0.05) is 21.8 Å². The molecule has 1 aromatic heterocycles. The van der Waals surface area contributed by atoms with E-state index in [9.17, 15) is 4.79 Å². The first-order valence-electron chi connectivity index (χ1n) is 10.5. The number of fused-ring (bicyclic) bond motifs is 3. The summed E-state index contributed by atoms with van der Waals surface area (Å²) in [5.74, 6) is 0.0710. The number of para-hydroxylation sites is 1. The summed E-state index contributed by atoms with van der Waals surface area (Å²) < 4.78 is 1.96. The normalized spacial score (nSPS) is 14.0. The second kappa shape index (κ2) is 7.46. The summed E-state index contributed by atoms with van der Waals surface area (Å²) in [5, 5.41) is 9.10. The molecule has 0 spiro atoms. The maximum atomic E-state index is 13.7. The van der Waals surface area contributed by atoms with Gasteiger partial charge in [0.15, 0.2) is 5.78 Å². The standard InChI is InChI=1S/C27H19N3OS/c31-24(19-10-2-1-3-11-19)18-27(30-23-15-7-6-14-22(23)28-29-30)20-12-4-8-16-25(20)32-26-17-9-5-13-21(26)27/h1-17H,18H2. The van der Waals surface area contributed by atoms with E-state index in [0.29, 0.717) is 5.56 Å². The van der Waals surface area contributed by atoms with Crippen molar-refractivity contribution < 1.29 is 4.79 Å². The summed E-state index contributed by atoms with van der Waals surface area (Å²) in [5.41, 5.74) is 3.76. The summed E-state index contributed by atoms with van der Waals surface area (Å²) in [6, 6.07) is 34.1. The van der Waals surface area contributed by atoms with Crippen LogP contribution in [-0.2, 0) is 5.54 Å². The molecule has 0 fully saturated rings. The van der Waals surface area contributed by atoms with Crippen LogP contribution in [0.3, 0.4) is 0 Å². The number of nitrogens with zero attached hydrogens (tertiary/aromatic N) is 3. The first-order chi connectivity index (χ1) is 15.8. The van der Waals surface area contributed by atoms with E-state index in [0.717, 1.165) is 32.0 Å². The van der Waals surface area contributed by atoms with Crippen LogP contribution in [0.4, 0.5) is 0 Å². The summed E-state index contributed by atoms with van der Waals surface area (Å²) in [7, 11) is 0. The van der Waals surface area contributed by atoms with Crippen molar-refractivity contribution in [3.05, 3.63) is 120 Å². The number of carbonyl (C=O) groups is 1. The Labute approximate surface area is 189 Å². The Kier molecular flexibility index (Phi) is 4.44. The van der Waals surface area contributed by atoms with Crippen molar-refractivity contribution in [2.75, 3.05) is 0 Å². The molecule has 0 atom stereocenters. The molecular weight excluding hydrogens is 414 g/mol. The number of hydrogen-bond donors (Lipinski definition) is 0. The van der Waals surface area contributed by atoms with Gasteiger partial charge in [-0.15, -0.1) is 5.10 Å². The van der Waals surface area contributed by atoms with Crippen molar-refractivity contribution in [3.8, 4) is 0 Å². The molecule has 2 heterocycles. The lowest BCUT2D eigenvalue weighted by Gasteiger charge is -2.40. The van der Waals surface area contributed by atoms with Gasteiger partial charge in [-0.2, -0.15) is 0 Å². The molecule has 0 amide bonds. The maximum Gasteiger partial charge on any atom is 0.166 e. The quantitative estimate of drug-likeness (QED) is 0.328. The average Bonchev–Trinajstić information content (AvgIpc) is 3.29.